The van der Waals surface area contributed by atoms with Crippen LogP contribution in [-0.2, 0) is 4.84 Å². The van der Waals surface area contributed by atoms with Gasteiger partial charge in [-0.15, -0.1) is 0 Å². The van der Waals surface area contributed by atoms with E-state index < -0.39 is 0 Å². The molecule has 31 heavy (non-hydrogen) atoms. The van der Waals surface area contributed by atoms with Gasteiger partial charge < -0.3 is 14.7 Å². The number of nitrogens with zero attached hydrogens (tertiary/aromatic N) is 1. The van der Waals surface area contributed by atoms with Crippen molar-refractivity contribution in [3.63, 3.8) is 0 Å². The number of rotatable bonds is 7. The molecule has 0 fully saturated rings. The molecule has 0 bridgehead atoms. The molecule has 5 nitrogen and oxygen atoms in total. The molecule has 3 aromatic carbocycles. The number of ether oxygens (including phenoxy) is 1. The molecule has 0 saturated carbocycles. The van der Waals surface area contributed by atoms with E-state index >= 15 is 0 Å². The van der Waals surface area contributed by atoms with Crippen LogP contribution in [0.2, 0.25) is 5.02 Å². The first-order chi connectivity index (χ1) is 14.7. The lowest BCUT2D eigenvalue weighted by molar-refractivity contribution is 0.0873. The highest BCUT2D eigenvalue weighted by molar-refractivity contribution is 9.11. The maximum atomic E-state index is 12.8. The fourth-order valence-electron chi connectivity index (χ4n) is 2.60. The van der Waals surface area contributed by atoms with Crippen LogP contribution in [0.3, 0.4) is 0 Å². The van der Waals surface area contributed by atoms with Crippen LogP contribution in [0.5, 0.6) is 17.2 Å². The second-order valence-corrected chi connectivity index (χ2v) is 8.96. The monoisotopic (exact) mass is 565 g/mol. The highest BCUT2D eigenvalue weighted by atomic mass is 79.9. The standard InChI is InChI=1S/C23H18Br2ClNO4/c1-13(2)31-27-12-14-9-19(24)23(20(25)10-14)30-17-7-8-21(28)18(11-17)22(29)15-3-5-16(26)6-4-15/h3-13,28H,1-2H3. The quantitative estimate of drug-likeness (QED) is 0.184. The summed E-state index contributed by atoms with van der Waals surface area (Å²) in [5.74, 6) is 0.426. The fourth-order valence-corrected chi connectivity index (χ4v) is 4.11. The molecule has 0 unspecified atom stereocenters. The van der Waals surface area contributed by atoms with Gasteiger partial charge in [0.2, 0.25) is 0 Å². The molecule has 0 saturated heterocycles. The van der Waals surface area contributed by atoms with E-state index in [2.05, 4.69) is 37.0 Å². The summed E-state index contributed by atoms with van der Waals surface area (Å²) in [5.41, 5.74) is 1.34. The molecule has 0 spiro atoms. The van der Waals surface area contributed by atoms with Crippen LogP contribution in [0.25, 0.3) is 0 Å². The number of oxime groups is 1. The molecule has 0 heterocycles. The zero-order valence-corrected chi connectivity index (χ0v) is 20.5. The average Bonchev–Trinajstić information content (AvgIpc) is 2.71. The first kappa shape index (κ1) is 23.3. The number of aromatic hydroxyl groups is 1. The number of carbonyl (C=O) groups excluding carboxylic acids is 1. The summed E-state index contributed by atoms with van der Waals surface area (Å²) in [4.78, 5) is 18.0. The molecule has 0 aliphatic heterocycles. The molecule has 0 atom stereocenters. The van der Waals surface area contributed by atoms with Crippen molar-refractivity contribution in [1.29, 1.82) is 0 Å². The number of hydrogen-bond donors (Lipinski definition) is 1. The average molecular weight is 568 g/mol. The second-order valence-electron chi connectivity index (χ2n) is 6.82. The predicted molar refractivity (Wildman–Crippen MR) is 129 cm³/mol. The minimum Gasteiger partial charge on any atom is -0.507 e. The smallest absolute Gasteiger partial charge is 0.196 e. The number of benzene rings is 3. The summed E-state index contributed by atoms with van der Waals surface area (Å²) in [6.45, 7) is 3.79. The van der Waals surface area contributed by atoms with Gasteiger partial charge in [-0.1, -0.05) is 16.8 Å². The van der Waals surface area contributed by atoms with Crippen LogP contribution in [0.4, 0.5) is 0 Å². The van der Waals surface area contributed by atoms with Gasteiger partial charge >= 0.3 is 0 Å². The Morgan fingerprint density at radius 1 is 1.06 bits per heavy atom. The largest absolute Gasteiger partial charge is 0.507 e. The molecule has 160 valence electrons. The lowest BCUT2D eigenvalue weighted by Gasteiger charge is -2.13. The minimum atomic E-state index is -0.338. The van der Waals surface area contributed by atoms with Crippen molar-refractivity contribution in [1.82, 2.24) is 0 Å². The summed E-state index contributed by atoms with van der Waals surface area (Å²) in [7, 11) is 0. The summed E-state index contributed by atoms with van der Waals surface area (Å²) in [6.07, 6.45) is 1.59. The van der Waals surface area contributed by atoms with Crippen LogP contribution in [0, 0.1) is 0 Å². The van der Waals surface area contributed by atoms with E-state index in [1.807, 2.05) is 26.0 Å². The Balaban J connectivity index is 1.86. The molecule has 0 aliphatic carbocycles. The van der Waals surface area contributed by atoms with Crippen LogP contribution in [-0.4, -0.2) is 23.2 Å². The molecule has 0 radical (unpaired) electrons. The van der Waals surface area contributed by atoms with Gasteiger partial charge in [0.15, 0.2) is 11.5 Å². The third-order valence-electron chi connectivity index (χ3n) is 4.03. The van der Waals surface area contributed by atoms with Crippen molar-refractivity contribution in [3.05, 3.63) is 85.3 Å². The van der Waals surface area contributed by atoms with Crippen molar-refractivity contribution in [3.8, 4) is 17.2 Å². The van der Waals surface area contributed by atoms with Crippen molar-refractivity contribution >= 4 is 55.5 Å². The molecule has 0 amide bonds. The van der Waals surface area contributed by atoms with Crippen molar-refractivity contribution in [2.45, 2.75) is 20.0 Å². The first-order valence-electron chi connectivity index (χ1n) is 9.24. The number of ketones is 1. The summed E-state index contributed by atoms with van der Waals surface area (Å²) >= 11 is 12.9. The molecule has 3 rings (SSSR count). The zero-order valence-electron chi connectivity index (χ0n) is 16.6. The van der Waals surface area contributed by atoms with Gasteiger partial charge in [-0.2, -0.15) is 0 Å². The van der Waals surface area contributed by atoms with E-state index in [1.54, 1.807) is 36.5 Å². The number of hydrogen-bond acceptors (Lipinski definition) is 5. The van der Waals surface area contributed by atoms with Crippen molar-refractivity contribution in [2.75, 3.05) is 0 Å². The second kappa shape index (κ2) is 10.3. The van der Waals surface area contributed by atoms with Crippen molar-refractivity contribution < 1.29 is 19.5 Å². The van der Waals surface area contributed by atoms with Gasteiger partial charge in [0, 0.05) is 10.6 Å². The van der Waals surface area contributed by atoms with E-state index in [4.69, 9.17) is 21.2 Å². The Morgan fingerprint density at radius 2 is 1.71 bits per heavy atom. The van der Waals surface area contributed by atoms with E-state index in [-0.39, 0.29) is 23.2 Å². The molecule has 0 aromatic heterocycles. The maximum Gasteiger partial charge on any atom is 0.196 e. The topological polar surface area (TPSA) is 68.1 Å². The van der Waals surface area contributed by atoms with Crippen LogP contribution in [0.15, 0.2) is 68.7 Å². The van der Waals surface area contributed by atoms with Crippen LogP contribution < -0.4 is 4.74 Å². The summed E-state index contributed by atoms with van der Waals surface area (Å²) in [6, 6.07) is 14.6. The number of halogens is 3. The first-order valence-corrected chi connectivity index (χ1v) is 11.2. The Morgan fingerprint density at radius 3 is 2.32 bits per heavy atom. The maximum absolute atomic E-state index is 12.8. The molecule has 0 aliphatic rings. The zero-order chi connectivity index (χ0) is 22.5. The fraction of sp³-hybridized carbons (Fsp3) is 0.130. The van der Waals surface area contributed by atoms with E-state index in [0.29, 0.717) is 31.0 Å². The van der Waals surface area contributed by atoms with Gasteiger partial charge in [0.05, 0.1) is 20.7 Å². The van der Waals surface area contributed by atoms with Crippen LogP contribution in [0.1, 0.15) is 35.3 Å². The molecule has 3 aromatic rings. The Labute approximate surface area is 201 Å². The SMILES string of the molecule is CC(C)ON=Cc1cc(Br)c(Oc2ccc(O)c(C(=O)c3ccc(Cl)cc3)c2)c(Br)c1. The minimum absolute atomic E-state index is 0.00925. The molecule has 8 heteroatoms. The summed E-state index contributed by atoms with van der Waals surface area (Å²) < 4.78 is 7.33. The lowest BCUT2D eigenvalue weighted by Crippen LogP contribution is -2.02. The molecule has 1 N–H and O–H groups in total. The third kappa shape index (κ3) is 6.09. The lowest BCUT2D eigenvalue weighted by atomic mass is 10.0. The Hall–Kier alpha value is -2.35. The van der Waals surface area contributed by atoms with Gasteiger partial charge in [0.25, 0.3) is 0 Å². The Bertz CT molecular complexity index is 1110. The number of carbonyl (C=O) groups is 1. The number of phenolic OH excluding ortho intramolecular Hbond substituents is 1. The normalized spacial score (nSPS) is 11.2. The highest BCUT2D eigenvalue weighted by Gasteiger charge is 2.17. The highest BCUT2D eigenvalue weighted by Crippen LogP contribution is 2.38. The van der Waals surface area contributed by atoms with Gasteiger partial charge in [-0.05, 0) is 106 Å². The van der Waals surface area contributed by atoms with Crippen molar-refractivity contribution in [2.24, 2.45) is 5.16 Å². The van der Waals surface area contributed by atoms with Crippen LogP contribution >= 0.6 is 43.5 Å². The Kier molecular flexibility index (Phi) is 7.75. The van der Waals surface area contributed by atoms with E-state index in [0.717, 1.165) is 5.56 Å². The predicted octanol–water partition coefficient (Wildman–Crippen LogP) is 7.35. The molecular formula is C23H18Br2ClNO4. The number of phenols is 1. The molecular weight excluding hydrogens is 550 g/mol. The van der Waals surface area contributed by atoms with Gasteiger partial charge in [-0.3, -0.25) is 4.79 Å². The summed E-state index contributed by atoms with van der Waals surface area (Å²) in [5, 5.41) is 14.7. The third-order valence-corrected chi connectivity index (χ3v) is 5.46. The van der Waals surface area contributed by atoms with Gasteiger partial charge in [-0.25, -0.2) is 0 Å². The van der Waals surface area contributed by atoms with E-state index in [1.165, 1.54) is 12.1 Å². The van der Waals surface area contributed by atoms with E-state index in [9.17, 15) is 9.90 Å². The van der Waals surface area contributed by atoms with Gasteiger partial charge in [0.1, 0.15) is 17.6 Å².